The van der Waals surface area contributed by atoms with Gasteiger partial charge < -0.3 is 14.4 Å². The topological polar surface area (TPSA) is 76.2 Å². The maximum absolute atomic E-state index is 12.4. The van der Waals surface area contributed by atoms with Crippen molar-refractivity contribution in [2.24, 2.45) is 0 Å². The summed E-state index contributed by atoms with van der Waals surface area (Å²) in [6, 6.07) is 4.88. The number of likely N-dealkylation sites (tertiary alicyclic amines) is 2. The van der Waals surface area contributed by atoms with Crippen LogP contribution >= 0.6 is 0 Å². The third kappa shape index (κ3) is 1.93. The first-order valence-electron chi connectivity index (χ1n) is 7.17. The monoisotopic (exact) mass is 302 g/mol. The van der Waals surface area contributed by atoms with Crippen LogP contribution in [0.2, 0.25) is 0 Å². The fourth-order valence-corrected chi connectivity index (χ4v) is 3.00. The molecule has 3 heterocycles. The largest absolute Gasteiger partial charge is 0.454 e. The summed E-state index contributed by atoms with van der Waals surface area (Å²) in [6.45, 7) is 0.952. The van der Waals surface area contributed by atoms with Crippen LogP contribution in [0.15, 0.2) is 18.2 Å². The zero-order valence-electron chi connectivity index (χ0n) is 11.8. The molecule has 22 heavy (non-hydrogen) atoms. The summed E-state index contributed by atoms with van der Waals surface area (Å²) in [6.07, 6.45) is 0.566. The van der Waals surface area contributed by atoms with Gasteiger partial charge in [-0.05, 0) is 18.2 Å². The van der Waals surface area contributed by atoms with E-state index < -0.39 is 0 Å². The highest BCUT2D eigenvalue weighted by atomic mass is 16.7. The van der Waals surface area contributed by atoms with Crippen molar-refractivity contribution >= 4 is 17.7 Å². The van der Waals surface area contributed by atoms with Gasteiger partial charge in [-0.15, -0.1) is 0 Å². The molecule has 1 aromatic rings. The van der Waals surface area contributed by atoms with Crippen LogP contribution in [-0.4, -0.2) is 53.4 Å². The minimum atomic E-state index is -0.180. The highest BCUT2D eigenvalue weighted by Gasteiger charge is 2.42. The van der Waals surface area contributed by atoms with Crippen LogP contribution in [0.5, 0.6) is 11.5 Å². The Labute approximate surface area is 126 Å². The molecule has 3 aliphatic rings. The zero-order valence-corrected chi connectivity index (χ0v) is 11.8. The number of imide groups is 1. The second kappa shape index (κ2) is 4.72. The maximum atomic E-state index is 12.4. The Hall–Kier alpha value is -2.57. The van der Waals surface area contributed by atoms with Crippen molar-refractivity contribution in [3.63, 3.8) is 0 Å². The Morgan fingerprint density at radius 2 is 1.73 bits per heavy atom. The molecule has 0 aromatic heterocycles. The first kappa shape index (κ1) is 13.1. The standard InChI is InChI=1S/C15H14N2O5/c18-13-3-4-14(19)17(13)10-6-16(7-10)15(20)9-1-2-11-12(5-9)22-8-21-11/h1-2,5,10H,3-4,6-8H2. The number of fused-ring (bicyclic) bond motifs is 1. The van der Waals surface area contributed by atoms with Crippen molar-refractivity contribution in [1.82, 2.24) is 9.80 Å². The molecule has 4 rings (SSSR count). The highest BCUT2D eigenvalue weighted by molar-refractivity contribution is 6.03. The Morgan fingerprint density at radius 1 is 1.05 bits per heavy atom. The molecule has 114 valence electrons. The van der Waals surface area contributed by atoms with E-state index in [9.17, 15) is 14.4 Å². The number of benzene rings is 1. The van der Waals surface area contributed by atoms with E-state index in [-0.39, 0.29) is 43.4 Å². The number of rotatable bonds is 2. The SMILES string of the molecule is O=C(c1ccc2c(c1)OCO2)N1CC(N2C(=O)CCC2=O)C1. The molecule has 0 atom stereocenters. The van der Waals surface area contributed by atoms with Gasteiger partial charge in [-0.3, -0.25) is 19.3 Å². The van der Waals surface area contributed by atoms with Gasteiger partial charge in [0.05, 0.1) is 6.04 Å². The maximum Gasteiger partial charge on any atom is 0.254 e. The molecule has 1 aromatic carbocycles. The highest BCUT2D eigenvalue weighted by Crippen LogP contribution is 2.33. The fourth-order valence-electron chi connectivity index (χ4n) is 3.00. The molecule has 3 aliphatic heterocycles. The Balaban J connectivity index is 1.43. The van der Waals surface area contributed by atoms with Crippen molar-refractivity contribution < 1.29 is 23.9 Å². The molecule has 0 saturated carbocycles. The van der Waals surface area contributed by atoms with Gasteiger partial charge in [0.25, 0.3) is 5.91 Å². The number of carbonyl (C=O) groups is 3. The summed E-state index contributed by atoms with van der Waals surface area (Å²) >= 11 is 0. The van der Waals surface area contributed by atoms with Crippen LogP contribution < -0.4 is 9.47 Å². The molecule has 0 aliphatic carbocycles. The summed E-state index contributed by atoms with van der Waals surface area (Å²) in [5, 5.41) is 0. The van der Waals surface area contributed by atoms with Gasteiger partial charge in [-0.2, -0.15) is 0 Å². The average molecular weight is 302 g/mol. The molecular weight excluding hydrogens is 288 g/mol. The minimum absolute atomic E-state index is 0.131. The van der Waals surface area contributed by atoms with Crippen molar-refractivity contribution in [1.29, 1.82) is 0 Å². The zero-order chi connectivity index (χ0) is 15.3. The number of carbonyl (C=O) groups excluding carboxylic acids is 3. The molecule has 0 spiro atoms. The van der Waals surface area contributed by atoms with E-state index >= 15 is 0 Å². The van der Waals surface area contributed by atoms with Gasteiger partial charge in [0, 0.05) is 31.5 Å². The molecule has 7 heteroatoms. The molecule has 7 nitrogen and oxygen atoms in total. The summed E-state index contributed by atoms with van der Waals surface area (Å²) < 4.78 is 10.5. The normalized spacial score (nSPS) is 20.5. The van der Waals surface area contributed by atoms with Crippen LogP contribution in [0.3, 0.4) is 0 Å². The molecule has 3 amide bonds. The van der Waals surface area contributed by atoms with E-state index in [2.05, 4.69) is 0 Å². The van der Waals surface area contributed by atoms with Crippen LogP contribution in [0, 0.1) is 0 Å². The number of amides is 3. The lowest BCUT2D eigenvalue weighted by Crippen LogP contribution is -2.62. The first-order valence-corrected chi connectivity index (χ1v) is 7.17. The van der Waals surface area contributed by atoms with Crippen LogP contribution in [0.25, 0.3) is 0 Å². The minimum Gasteiger partial charge on any atom is -0.454 e. The lowest BCUT2D eigenvalue weighted by atomic mass is 10.0. The van der Waals surface area contributed by atoms with Crippen molar-refractivity contribution in [3.05, 3.63) is 23.8 Å². The summed E-state index contributed by atoms with van der Waals surface area (Å²) in [5.41, 5.74) is 0.516. The number of hydrogen-bond donors (Lipinski definition) is 0. The molecule has 2 saturated heterocycles. The van der Waals surface area contributed by atoms with Crippen LogP contribution in [0.4, 0.5) is 0 Å². The second-order valence-electron chi connectivity index (χ2n) is 5.59. The van der Waals surface area contributed by atoms with E-state index in [0.29, 0.717) is 30.2 Å². The summed E-state index contributed by atoms with van der Waals surface area (Å²) in [7, 11) is 0. The summed E-state index contributed by atoms with van der Waals surface area (Å²) in [4.78, 5) is 38.7. The van der Waals surface area contributed by atoms with Gasteiger partial charge in [0.2, 0.25) is 18.6 Å². The average Bonchev–Trinajstić information content (AvgIpc) is 3.05. The first-order chi connectivity index (χ1) is 10.6. The van der Waals surface area contributed by atoms with E-state index in [1.165, 1.54) is 4.90 Å². The Bertz CT molecular complexity index is 665. The van der Waals surface area contributed by atoms with E-state index in [4.69, 9.17) is 9.47 Å². The van der Waals surface area contributed by atoms with Crippen molar-refractivity contribution in [2.45, 2.75) is 18.9 Å². The third-order valence-electron chi connectivity index (χ3n) is 4.22. The lowest BCUT2D eigenvalue weighted by Gasteiger charge is -2.43. The smallest absolute Gasteiger partial charge is 0.254 e. The van der Waals surface area contributed by atoms with Gasteiger partial charge in [0.1, 0.15) is 0 Å². The Morgan fingerprint density at radius 3 is 2.45 bits per heavy atom. The third-order valence-corrected chi connectivity index (χ3v) is 4.22. The molecule has 0 unspecified atom stereocenters. The Kier molecular flexibility index (Phi) is 2.82. The van der Waals surface area contributed by atoms with Gasteiger partial charge in [-0.1, -0.05) is 0 Å². The number of ether oxygens (including phenoxy) is 2. The van der Waals surface area contributed by atoms with Gasteiger partial charge in [-0.25, -0.2) is 0 Å². The number of nitrogens with zero attached hydrogens (tertiary/aromatic N) is 2. The fraction of sp³-hybridized carbons (Fsp3) is 0.400. The molecule has 2 fully saturated rings. The van der Waals surface area contributed by atoms with E-state index in [1.807, 2.05) is 0 Å². The van der Waals surface area contributed by atoms with Crippen LogP contribution in [-0.2, 0) is 9.59 Å². The molecule has 0 radical (unpaired) electrons. The van der Waals surface area contributed by atoms with Crippen molar-refractivity contribution in [2.75, 3.05) is 19.9 Å². The van der Waals surface area contributed by atoms with Crippen LogP contribution in [0.1, 0.15) is 23.2 Å². The molecular formula is C15H14N2O5. The van der Waals surface area contributed by atoms with Gasteiger partial charge >= 0.3 is 0 Å². The van der Waals surface area contributed by atoms with Gasteiger partial charge in [0.15, 0.2) is 11.5 Å². The van der Waals surface area contributed by atoms with Crippen molar-refractivity contribution in [3.8, 4) is 11.5 Å². The van der Waals surface area contributed by atoms with E-state index in [0.717, 1.165) is 0 Å². The second-order valence-corrected chi connectivity index (χ2v) is 5.59. The quantitative estimate of drug-likeness (QED) is 0.739. The van der Waals surface area contributed by atoms with E-state index in [1.54, 1.807) is 23.1 Å². The number of hydrogen-bond acceptors (Lipinski definition) is 5. The predicted octanol–water partition coefficient (Wildman–Crippen LogP) is 0.389. The molecule has 0 bridgehead atoms. The lowest BCUT2D eigenvalue weighted by molar-refractivity contribution is -0.144. The molecule has 0 N–H and O–H groups in total. The predicted molar refractivity (Wildman–Crippen MR) is 73.3 cm³/mol. The summed E-state index contributed by atoms with van der Waals surface area (Å²) in [5.74, 6) is 0.795.